The van der Waals surface area contributed by atoms with Gasteiger partial charge in [0.05, 0.1) is 20.3 Å². The number of ketones is 1. The lowest BCUT2D eigenvalue weighted by Crippen LogP contribution is -2.27. The summed E-state index contributed by atoms with van der Waals surface area (Å²) < 4.78 is 29.4. The largest absolute Gasteiger partial charge is 0.493 e. The Morgan fingerprint density at radius 2 is 1.81 bits per heavy atom. The molecular weight excluding hydrogens is 415 g/mol. The Bertz CT molecular complexity index is 1200. The second-order valence-corrected chi connectivity index (χ2v) is 7.72. The van der Waals surface area contributed by atoms with Crippen molar-refractivity contribution in [1.82, 2.24) is 10.3 Å². The molecule has 0 radical (unpaired) electrons. The van der Waals surface area contributed by atoms with Gasteiger partial charge in [-0.3, -0.25) is 4.79 Å². The van der Waals surface area contributed by atoms with E-state index in [2.05, 4.69) is 20.9 Å². The van der Waals surface area contributed by atoms with Gasteiger partial charge in [-0.1, -0.05) is 24.3 Å². The zero-order valence-electron chi connectivity index (χ0n) is 17.5. The van der Waals surface area contributed by atoms with Crippen molar-refractivity contribution < 1.29 is 23.3 Å². The standard InChI is InChI=1S/C23H21FN4O4/c1-30-18-5-3-4-15(21(18)31-2)20-19-16(25-22-23(26-20)28-32-27-22)10-13(11-17(19)29)12-6-8-14(24)9-7-12/h3-9,13,20H,10-11H2,1-2H3,(H,25,27)(H,26,28)/t13-,20-/m1/s1. The molecule has 2 N–H and O–H groups in total. The van der Waals surface area contributed by atoms with Gasteiger partial charge in [0.2, 0.25) is 11.6 Å². The maximum Gasteiger partial charge on any atom is 0.219 e. The third-order valence-corrected chi connectivity index (χ3v) is 5.92. The molecule has 5 rings (SSSR count). The van der Waals surface area contributed by atoms with Crippen LogP contribution in [0.25, 0.3) is 0 Å². The number of carbonyl (C=O) groups is 1. The molecular formula is C23H21FN4O4. The molecule has 3 aromatic rings. The van der Waals surface area contributed by atoms with E-state index in [4.69, 9.17) is 14.1 Å². The van der Waals surface area contributed by atoms with Crippen molar-refractivity contribution in [3.8, 4) is 11.5 Å². The maximum absolute atomic E-state index is 13.5. The molecule has 164 valence electrons. The Morgan fingerprint density at radius 1 is 1.03 bits per heavy atom. The van der Waals surface area contributed by atoms with Gasteiger partial charge in [0.1, 0.15) is 5.82 Å². The van der Waals surface area contributed by atoms with E-state index in [0.717, 1.165) is 11.1 Å². The van der Waals surface area contributed by atoms with E-state index >= 15 is 0 Å². The van der Waals surface area contributed by atoms with Gasteiger partial charge in [0.25, 0.3) is 0 Å². The highest BCUT2D eigenvalue weighted by Gasteiger charge is 2.38. The Kier molecular flexibility index (Phi) is 5.01. The molecule has 1 aliphatic heterocycles. The van der Waals surface area contributed by atoms with Gasteiger partial charge in [-0.05, 0) is 46.4 Å². The van der Waals surface area contributed by atoms with Crippen LogP contribution in [0, 0.1) is 5.82 Å². The number of hydrogen-bond acceptors (Lipinski definition) is 8. The van der Waals surface area contributed by atoms with Crippen LogP contribution in [-0.2, 0) is 4.79 Å². The van der Waals surface area contributed by atoms with Gasteiger partial charge < -0.3 is 20.1 Å². The van der Waals surface area contributed by atoms with Crippen LogP contribution in [0.5, 0.6) is 11.5 Å². The fourth-order valence-corrected chi connectivity index (χ4v) is 4.44. The van der Waals surface area contributed by atoms with E-state index in [-0.39, 0.29) is 17.5 Å². The third kappa shape index (κ3) is 3.35. The first-order valence-electron chi connectivity index (χ1n) is 10.2. The van der Waals surface area contributed by atoms with Crippen LogP contribution < -0.4 is 20.1 Å². The van der Waals surface area contributed by atoms with Crippen molar-refractivity contribution in [3.63, 3.8) is 0 Å². The van der Waals surface area contributed by atoms with E-state index in [1.54, 1.807) is 32.4 Å². The fraction of sp³-hybridized carbons (Fsp3) is 0.261. The Labute approximate surface area is 183 Å². The molecule has 0 spiro atoms. The normalized spacial score (nSPS) is 19.9. The van der Waals surface area contributed by atoms with Crippen LogP contribution in [-0.4, -0.2) is 30.3 Å². The number of halogens is 1. The van der Waals surface area contributed by atoms with Gasteiger partial charge in [-0.25, -0.2) is 9.02 Å². The number of hydrogen-bond donors (Lipinski definition) is 2. The number of allylic oxidation sites excluding steroid dienone is 1. The number of carbonyl (C=O) groups excluding carboxylic acids is 1. The summed E-state index contributed by atoms with van der Waals surface area (Å²) in [6.45, 7) is 0. The summed E-state index contributed by atoms with van der Waals surface area (Å²) in [5.41, 5.74) is 2.92. The number of rotatable bonds is 4. The predicted octanol–water partition coefficient (Wildman–Crippen LogP) is 4.21. The van der Waals surface area contributed by atoms with Gasteiger partial charge >= 0.3 is 0 Å². The number of benzene rings is 2. The first-order valence-corrected chi connectivity index (χ1v) is 10.2. The van der Waals surface area contributed by atoms with Crippen LogP contribution >= 0.6 is 0 Å². The highest BCUT2D eigenvalue weighted by atomic mass is 19.1. The van der Waals surface area contributed by atoms with E-state index in [1.165, 1.54) is 12.1 Å². The van der Waals surface area contributed by atoms with Crippen molar-refractivity contribution in [2.45, 2.75) is 24.8 Å². The molecule has 0 unspecified atom stereocenters. The quantitative estimate of drug-likeness (QED) is 0.628. The van der Waals surface area contributed by atoms with E-state index in [1.807, 2.05) is 12.1 Å². The number of ether oxygens (including phenoxy) is 2. The summed E-state index contributed by atoms with van der Waals surface area (Å²) in [5, 5.41) is 14.4. The van der Waals surface area contributed by atoms with Crippen LogP contribution in [0.3, 0.4) is 0 Å². The minimum atomic E-state index is -0.558. The summed E-state index contributed by atoms with van der Waals surface area (Å²) in [4.78, 5) is 13.5. The van der Waals surface area contributed by atoms with Crippen molar-refractivity contribution in [2.24, 2.45) is 0 Å². The summed E-state index contributed by atoms with van der Waals surface area (Å²) in [7, 11) is 3.12. The molecule has 32 heavy (non-hydrogen) atoms. The molecule has 0 bridgehead atoms. The van der Waals surface area contributed by atoms with E-state index in [9.17, 15) is 9.18 Å². The average Bonchev–Trinajstić information content (AvgIpc) is 3.17. The molecule has 1 aliphatic carbocycles. The molecule has 0 fully saturated rings. The maximum atomic E-state index is 13.5. The number of para-hydroxylation sites is 1. The highest BCUT2D eigenvalue weighted by molar-refractivity contribution is 6.01. The number of nitrogens with zero attached hydrogens (tertiary/aromatic N) is 2. The summed E-state index contributed by atoms with van der Waals surface area (Å²) >= 11 is 0. The van der Waals surface area contributed by atoms with Crippen molar-refractivity contribution in [3.05, 3.63) is 70.7 Å². The van der Waals surface area contributed by atoms with E-state index in [0.29, 0.717) is 47.2 Å². The Balaban J connectivity index is 1.63. The number of nitrogens with one attached hydrogen (secondary N) is 2. The van der Waals surface area contributed by atoms with E-state index < -0.39 is 6.04 Å². The molecule has 2 aromatic carbocycles. The monoisotopic (exact) mass is 436 g/mol. The van der Waals surface area contributed by atoms with Gasteiger partial charge in [0.15, 0.2) is 17.3 Å². The number of methoxy groups -OCH3 is 2. The number of aromatic nitrogens is 2. The summed E-state index contributed by atoms with van der Waals surface area (Å²) in [5.74, 6) is 1.43. The Morgan fingerprint density at radius 3 is 2.56 bits per heavy atom. The van der Waals surface area contributed by atoms with Gasteiger partial charge in [0, 0.05) is 23.3 Å². The fourth-order valence-electron chi connectivity index (χ4n) is 4.44. The predicted molar refractivity (Wildman–Crippen MR) is 114 cm³/mol. The molecule has 1 aromatic heterocycles. The highest BCUT2D eigenvalue weighted by Crippen LogP contribution is 2.46. The second kappa shape index (κ2) is 7.99. The van der Waals surface area contributed by atoms with Crippen LogP contribution in [0.2, 0.25) is 0 Å². The second-order valence-electron chi connectivity index (χ2n) is 7.72. The van der Waals surface area contributed by atoms with Gasteiger partial charge in [-0.15, -0.1) is 0 Å². The van der Waals surface area contributed by atoms with Crippen LogP contribution in [0.1, 0.15) is 35.9 Å². The number of Topliss-reactive ketones (excluding diaryl/α,β-unsaturated/α-hetero) is 1. The van der Waals surface area contributed by atoms with Crippen molar-refractivity contribution >= 4 is 17.4 Å². The SMILES string of the molecule is COc1cccc([C@H]2Nc3nonc3NC3=C2C(=O)C[C@H](c2ccc(F)cc2)C3)c1OC. The smallest absolute Gasteiger partial charge is 0.219 e. The van der Waals surface area contributed by atoms with Crippen molar-refractivity contribution in [2.75, 3.05) is 24.9 Å². The lowest BCUT2D eigenvalue weighted by Gasteiger charge is -2.30. The first kappa shape index (κ1) is 20.0. The minimum Gasteiger partial charge on any atom is -0.493 e. The van der Waals surface area contributed by atoms with Crippen molar-refractivity contribution in [1.29, 1.82) is 0 Å². The molecule has 8 nitrogen and oxygen atoms in total. The number of anilines is 2. The topological polar surface area (TPSA) is 98.5 Å². The van der Waals surface area contributed by atoms with Crippen LogP contribution in [0.15, 0.2) is 58.4 Å². The zero-order chi connectivity index (χ0) is 22.2. The molecule has 0 amide bonds. The molecule has 0 saturated carbocycles. The van der Waals surface area contributed by atoms with Gasteiger partial charge in [-0.2, -0.15) is 0 Å². The Hall–Kier alpha value is -3.88. The summed E-state index contributed by atoms with van der Waals surface area (Å²) in [6.07, 6.45) is 0.843. The summed E-state index contributed by atoms with van der Waals surface area (Å²) in [6, 6.07) is 11.2. The number of fused-ring (bicyclic) bond motifs is 1. The third-order valence-electron chi connectivity index (χ3n) is 5.92. The minimum absolute atomic E-state index is 0.0301. The molecule has 2 heterocycles. The average molecular weight is 436 g/mol. The zero-order valence-corrected chi connectivity index (χ0v) is 17.5. The lowest BCUT2D eigenvalue weighted by atomic mass is 9.78. The lowest BCUT2D eigenvalue weighted by molar-refractivity contribution is -0.116. The first-order chi connectivity index (χ1) is 15.6. The molecule has 2 atom stereocenters. The van der Waals surface area contributed by atoms with Crippen LogP contribution in [0.4, 0.5) is 16.0 Å². The molecule has 0 saturated heterocycles. The molecule has 2 aliphatic rings. The molecule has 9 heteroatoms.